The zero-order valence-electron chi connectivity index (χ0n) is 26.0. The minimum Gasteiger partial charge on any atom is -0.390 e. The van der Waals surface area contributed by atoms with Gasteiger partial charge >= 0.3 is 0 Å². The Bertz CT molecular complexity index is 906. The summed E-state index contributed by atoms with van der Waals surface area (Å²) in [7, 11) is 0. The highest BCUT2D eigenvalue weighted by molar-refractivity contribution is 5.79. The molecule has 9 atom stereocenters. The normalized spacial score (nSPS) is 35.2. The standard InChI is InChI=1S/C36H59NO3/c1-23-18-33(40-22-23)12-15-36(39)16-13-35(36)25(3)19-24(2)26(4)34(29-8-9-29)11-10-31(28-6-7-28)21-32(38)20-30-14-17-37-27(30)5/h25-31,33-35,37,39H,1-2,6-22H2,3-5H3/t25?,26-,27+,30?,31?,33?,34?,35+,36?/m1/s1. The number of aliphatic hydroxyl groups is 1. The quantitative estimate of drug-likeness (QED) is 0.182. The highest BCUT2D eigenvalue weighted by atomic mass is 16.5. The van der Waals surface area contributed by atoms with E-state index in [-0.39, 0.29) is 6.10 Å². The second kappa shape index (κ2) is 13.1. The summed E-state index contributed by atoms with van der Waals surface area (Å²) in [5.74, 6) is 5.40. The molecule has 0 radical (unpaired) electrons. The maximum Gasteiger partial charge on any atom is 0.133 e. The molecule has 3 saturated carbocycles. The first-order valence-corrected chi connectivity index (χ1v) is 17.1. The number of allylic oxidation sites excluding steroid dienone is 1. The van der Waals surface area contributed by atoms with Crippen LogP contribution in [0.2, 0.25) is 0 Å². The van der Waals surface area contributed by atoms with Crippen molar-refractivity contribution in [3.8, 4) is 0 Å². The van der Waals surface area contributed by atoms with Crippen LogP contribution in [0.25, 0.3) is 0 Å². The van der Waals surface area contributed by atoms with Gasteiger partial charge in [-0.05, 0) is 150 Å². The van der Waals surface area contributed by atoms with Crippen molar-refractivity contribution < 1.29 is 14.6 Å². The summed E-state index contributed by atoms with van der Waals surface area (Å²) in [4.78, 5) is 13.1. The van der Waals surface area contributed by atoms with Gasteiger partial charge in [-0.1, -0.05) is 32.6 Å². The first-order valence-electron chi connectivity index (χ1n) is 17.1. The van der Waals surface area contributed by atoms with Crippen molar-refractivity contribution in [1.29, 1.82) is 0 Å². The molecule has 4 nitrogen and oxygen atoms in total. The van der Waals surface area contributed by atoms with Gasteiger partial charge < -0.3 is 15.2 Å². The number of rotatable bonds is 17. The van der Waals surface area contributed by atoms with Crippen molar-refractivity contribution in [2.24, 2.45) is 47.3 Å². The Balaban J connectivity index is 1.09. The van der Waals surface area contributed by atoms with E-state index in [1.54, 1.807) is 0 Å². The maximum atomic E-state index is 13.1. The van der Waals surface area contributed by atoms with Crippen molar-refractivity contribution >= 4 is 5.78 Å². The second-order valence-corrected chi connectivity index (χ2v) is 15.2. The Labute approximate surface area is 245 Å². The molecule has 0 bridgehead atoms. The van der Waals surface area contributed by atoms with Crippen LogP contribution in [0.3, 0.4) is 0 Å². The Kier molecular flexibility index (Phi) is 10.0. The van der Waals surface area contributed by atoms with Gasteiger partial charge in [0.15, 0.2) is 0 Å². The highest BCUT2D eigenvalue weighted by Gasteiger charge is 2.48. The fourth-order valence-electron chi connectivity index (χ4n) is 8.84. The third-order valence-corrected chi connectivity index (χ3v) is 12.1. The van der Waals surface area contributed by atoms with Crippen molar-refractivity contribution in [3.63, 3.8) is 0 Å². The van der Waals surface area contributed by atoms with Gasteiger partial charge in [-0.25, -0.2) is 0 Å². The van der Waals surface area contributed by atoms with Crippen LogP contribution in [0.1, 0.15) is 117 Å². The molecule has 2 N–H and O–H groups in total. The monoisotopic (exact) mass is 553 g/mol. The number of hydrogen-bond donors (Lipinski definition) is 2. The predicted octanol–water partition coefficient (Wildman–Crippen LogP) is 7.65. The van der Waals surface area contributed by atoms with Crippen molar-refractivity contribution in [2.45, 2.75) is 135 Å². The van der Waals surface area contributed by atoms with E-state index in [0.29, 0.717) is 53.9 Å². The summed E-state index contributed by atoms with van der Waals surface area (Å²) in [6.45, 7) is 17.5. The number of hydrogen-bond acceptors (Lipinski definition) is 4. The van der Waals surface area contributed by atoms with Gasteiger partial charge in [0.1, 0.15) is 5.78 Å². The van der Waals surface area contributed by atoms with E-state index in [0.717, 1.165) is 76.2 Å². The van der Waals surface area contributed by atoms with Crippen LogP contribution >= 0.6 is 0 Å². The van der Waals surface area contributed by atoms with E-state index in [4.69, 9.17) is 4.74 Å². The van der Waals surface area contributed by atoms with Gasteiger partial charge in [-0.3, -0.25) is 4.79 Å². The van der Waals surface area contributed by atoms with Crippen LogP contribution in [0.15, 0.2) is 24.3 Å². The lowest BCUT2D eigenvalue weighted by Gasteiger charge is -2.49. The molecule has 2 saturated heterocycles. The third kappa shape index (κ3) is 7.70. The van der Waals surface area contributed by atoms with Gasteiger partial charge in [-0.15, -0.1) is 0 Å². The summed E-state index contributed by atoms with van der Waals surface area (Å²) in [6, 6.07) is 0.495. The average Bonchev–Trinajstić information content (AvgIpc) is 3.83. The summed E-state index contributed by atoms with van der Waals surface area (Å²) in [5.41, 5.74) is 2.07. The van der Waals surface area contributed by atoms with Gasteiger partial charge in [0.2, 0.25) is 0 Å². The third-order valence-electron chi connectivity index (χ3n) is 12.1. The van der Waals surface area contributed by atoms with E-state index in [9.17, 15) is 9.90 Å². The fourth-order valence-corrected chi connectivity index (χ4v) is 8.84. The van der Waals surface area contributed by atoms with Gasteiger partial charge in [0.25, 0.3) is 0 Å². The van der Waals surface area contributed by atoms with E-state index in [1.165, 1.54) is 49.7 Å². The molecule has 3 aliphatic carbocycles. The molecule has 4 heteroatoms. The van der Waals surface area contributed by atoms with Gasteiger partial charge in [-0.2, -0.15) is 0 Å². The van der Waals surface area contributed by atoms with Crippen molar-refractivity contribution in [1.82, 2.24) is 5.32 Å². The van der Waals surface area contributed by atoms with Crippen LogP contribution in [0.5, 0.6) is 0 Å². The maximum absolute atomic E-state index is 13.1. The molecule has 2 heterocycles. The second-order valence-electron chi connectivity index (χ2n) is 15.2. The molecule has 5 rings (SSSR count). The number of carbonyl (C=O) groups excluding carboxylic acids is 1. The molecule has 6 unspecified atom stereocenters. The largest absolute Gasteiger partial charge is 0.390 e. The molecule has 0 aromatic carbocycles. The Morgan fingerprint density at radius 3 is 2.42 bits per heavy atom. The van der Waals surface area contributed by atoms with Crippen molar-refractivity contribution in [2.75, 3.05) is 13.2 Å². The molecule has 2 aliphatic heterocycles. The molecule has 5 aliphatic rings. The Hall–Kier alpha value is -0.970. The van der Waals surface area contributed by atoms with Crippen LogP contribution in [0, 0.1) is 47.3 Å². The minimum atomic E-state index is -0.525. The zero-order chi connectivity index (χ0) is 28.4. The fraction of sp³-hybridized carbons (Fsp3) is 0.861. The Morgan fingerprint density at radius 1 is 1.10 bits per heavy atom. The molecule has 226 valence electrons. The highest BCUT2D eigenvalue weighted by Crippen LogP contribution is 2.51. The first kappa shape index (κ1) is 30.5. The summed E-state index contributed by atoms with van der Waals surface area (Å²) in [6.07, 6.45) is 16.8. The topological polar surface area (TPSA) is 58.6 Å². The molecule has 40 heavy (non-hydrogen) atoms. The Morgan fingerprint density at radius 2 is 1.85 bits per heavy atom. The molecular formula is C36H59NO3. The number of Topliss-reactive ketones (excluding diaryl/α,β-unsaturated/α-hetero) is 1. The van der Waals surface area contributed by atoms with E-state index in [2.05, 4.69) is 39.2 Å². The molecule has 0 aromatic heterocycles. The number of ether oxygens (including phenoxy) is 1. The smallest absolute Gasteiger partial charge is 0.133 e. The molecule has 0 amide bonds. The zero-order valence-corrected chi connectivity index (χ0v) is 26.0. The number of carbonyl (C=O) groups is 1. The minimum absolute atomic E-state index is 0.250. The SMILES string of the molecule is C=C1COC(CCC2(O)CC[C@H]2C(C)CC(=C)[C@@H](C)C(CCC(CC(=O)CC2CCN[C@H]2C)C2CC2)C2CC2)C1. The van der Waals surface area contributed by atoms with Crippen LogP contribution in [-0.4, -0.2) is 41.8 Å². The molecule has 0 aromatic rings. The predicted molar refractivity (Wildman–Crippen MR) is 164 cm³/mol. The van der Waals surface area contributed by atoms with Crippen LogP contribution in [0.4, 0.5) is 0 Å². The van der Waals surface area contributed by atoms with Crippen LogP contribution < -0.4 is 5.32 Å². The lowest BCUT2D eigenvalue weighted by atomic mass is 9.60. The molecule has 5 fully saturated rings. The van der Waals surface area contributed by atoms with Gasteiger partial charge in [0.05, 0.1) is 18.3 Å². The number of ketones is 1. The summed E-state index contributed by atoms with van der Waals surface area (Å²) in [5, 5.41) is 15.0. The van der Waals surface area contributed by atoms with Gasteiger partial charge in [0, 0.05) is 18.9 Å². The molecule has 0 spiro atoms. The van der Waals surface area contributed by atoms with E-state index < -0.39 is 5.60 Å². The van der Waals surface area contributed by atoms with E-state index >= 15 is 0 Å². The number of nitrogens with one attached hydrogen (secondary N) is 1. The van der Waals surface area contributed by atoms with E-state index in [1.807, 2.05) is 0 Å². The lowest BCUT2D eigenvalue weighted by molar-refractivity contribution is -0.126. The molecular weight excluding hydrogens is 494 g/mol. The summed E-state index contributed by atoms with van der Waals surface area (Å²) >= 11 is 0. The first-order chi connectivity index (χ1) is 19.1. The van der Waals surface area contributed by atoms with Crippen LogP contribution in [-0.2, 0) is 9.53 Å². The summed E-state index contributed by atoms with van der Waals surface area (Å²) < 4.78 is 5.84. The lowest BCUT2D eigenvalue weighted by Crippen LogP contribution is -2.50. The average molecular weight is 554 g/mol. The van der Waals surface area contributed by atoms with Crippen molar-refractivity contribution in [3.05, 3.63) is 24.3 Å².